The Morgan fingerprint density at radius 2 is 1.90 bits per heavy atom. The molecule has 0 spiro atoms. The van der Waals surface area contributed by atoms with E-state index in [4.69, 9.17) is 5.11 Å². The minimum Gasteiger partial charge on any atom is -0.481 e. The zero-order valence-corrected chi connectivity index (χ0v) is 10.9. The smallest absolute Gasteiger partial charge is 0.340 e. The molecule has 2 N–H and O–H groups in total. The van der Waals surface area contributed by atoms with Gasteiger partial charge in [0, 0.05) is 6.07 Å². The van der Waals surface area contributed by atoms with Crippen LogP contribution in [0.1, 0.15) is 16.8 Å². The molecule has 6 nitrogen and oxygen atoms in total. The third-order valence-electron chi connectivity index (χ3n) is 3.16. The van der Waals surface area contributed by atoms with Crippen LogP contribution in [0.3, 0.4) is 0 Å². The standard InChI is InChI=1S/C13H11F2NO5/c1-21-13(20)7-3-10(9(15)4-8(7)14)16-11(17)5-2-6(5)12(18)19/h3-6H,2H2,1H3,(H,16,17)(H,18,19). The predicted octanol–water partition coefficient (Wildman–Crippen LogP) is 1.41. The molecule has 0 bridgehead atoms. The third-order valence-corrected chi connectivity index (χ3v) is 3.16. The Kier molecular flexibility index (Phi) is 3.88. The van der Waals surface area contributed by atoms with E-state index in [2.05, 4.69) is 10.1 Å². The van der Waals surface area contributed by atoms with Crippen LogP contribution in [0, 0.1) is 23.5 Å². The fourth-order valence-electron chi connectivity index (χ4n) is 1.89. The average Bonchev–Trinajstić information content (AvgIpc) is 3.21. The van der Waals surface area contributed by atoms with Gasteiger partial charge in [0.15, 0.2) is 0 Å². The summed E-state index contributed by atoms with van der Waals surface area (Å²) >= 11 is 0. The van der Waals surface area contributed by atoms with E-state index in [1.165, 1.54) is 0 Å². The molecule has 0 aromatic heterocycles. The lowest BCUT2D eigenvalue weighted by atomic mass is 10.1. The second-order valence-corrected chi connectivity index (χ2v) is 4.58. The number of carboxylic acids is 1. The first-order valence-electron chi connectivity index (χ1n) is 5.96. The molecular weight excluding hydrogens is 288 g/mol. The number of ether oxygens (including phenoxy) is 1. The highest BCUT2D eigenvalue weighted by atomic mass is 19.1. The molecule has 2 rings (SSSR count). The summed E-state index contributed by atoms with van der Waals surface area (Å²) in [7, 11) is 1.03. The molecule has 1 aliphatic rings. The van der Waals surface area contributed by atoms with Gasteiger partial charge in [-0.05, 0) is 12.5 Å². The highest BCUT2D eigenvalue weighted by molar-refractivity contribution is 5.99. The van der Waals surface area contributed by atoms with Crippen molar-refractivity contribution in [2.24, 2.45) is 11.8 Å². The predicted molar refractivity (Wildman–Crippen MR) is 65.6 cm³/mol. The first kappa shape index (κ1) is 14.9. The highest BCUT2D eigenvalue weighted by Crippen LogP contribution is 2.39. The first-order chi connectivity index (χ1) is 9.85. The number of rotatable bonds is 4. The van der Waals surface area contributed by atoms with E-state index in [0.717, 1.165) is 13.2 Å². The lowest BCUT2D eigenvalue weighted by Gasteiger charge is -2.08. The number of nitrogens with one attached hydrogen (secondary N) is 1. The topological polar surface area (TPSA) is 92.7 Å². The molecular formula is C13H11F2NO5. The maximum absolute atomic E-state index is 13.6. The summed E-state index contributed by atoms with van der Waals surface area (Å²) in [6.45, 7) is 0. The fraction of sp³-hybridized carbons (Fsp3) is 0.308. The molecule has 112 valence electrons. The van der Waals surface area contributed by atoms with Crippen LogP contribution in [0.25, 0.3) is 0 Å². The summed E-state index contributed by atoms with van der Waals surface area (Å²) in [6.07, 6.45) is 0.161. The van der Waals surface area contributed by atoms with Crippen LogP contribution < -0.4 is 5.32 Å². The van der Waals surface area contributed by atoms with Crippen molar-refractivity contribution in [2.45, 2.75) is 6.42 Å². The Bertz CT molecular complexity index is 631. The molecule has 0 saturated heterocycles. The number of aliphatic carboxylic acids is 1. The minimum absolute atomic E-state index is 0.161. The lowest BCUT2D eigenvalue weighted by Crippen LogP contribution is -2.18. The van der Waals surface area contributed by atoms with Gasteiger partial charge in [0.2, 0.25) is 5.91 Å². The van der Waals surface area contributed by atoms with Gasteiger partial charge in [-0.3, -0.25) is 9.59 Å². The Morgan fingerprint density at radius 3 is 2.43 bits per heavy atom. The maximum atomic E-state index is 13.6. The normalized spacial score (nSPS) is 19.8. The van der Waals surface area contributed by atoms with E-state index in [1.54, 1.807) is 0 Å². The number of methoxy groups -OCH3 is 1. The number of hydrogen-bond donors (Lipinski definition) is 2. The Hall–Kier alpha value is -2.51. The first-order valence-corrected chi connectivity index (χ1v) is 5.96. The number of amides is 1. The van der Waals surface area contributed by atoms with E-state index in [9.17, 15) is 23.2 Å². The van der Waals surface area contributed by atoms with Crippen LogP contribution in [-0.4, -0.2) is 30.1 Å². The highest BCUT2D eigenvalue weighted by Gasteiger charge is 2.48. The number of anilines is 1. The number of benzene rings is 1. The zero-order valence-electron chi connectivity index (χ0n) is 10.9. The van der Waals surface area contributed by atoms with Crippen LogP contribution >= 0.6 is 0 Å². The molecule has 21 heavy (non-hydrogen) atoms. The van der Waals surface area contributed by atoms with Gasteiger partial charge in [0.05, 0.1) is 30.2 Å². The van der Waals surface area contributed by atoms with Crippen LogP contribution in [0.5, 0.6) is 0 Å². The number of carbonyl (C=O) groups excluding carboxylic acids is 2. The van der Waals surface area contributed by atoms with Crippen molar-refractivity contribution >= 4 is 23.5 Å². The van der Waals surface area contributed by atoms with Crippen molar-refractivity contribution < 1.29 is 33.0 Å². The molecule has 1 saturated carbocycles. The van der Waals surface area contributed by atoms with Gasteiger partial charge in [-0.25, -0.2) is 13.6 Å². The quantitative estimate of drug-likeness (QED) is 0.820. The second-order valence-electron chi connectivity index (χ2n) is 4.58. The van der Waals surface area contributed by atoms with Crippen molar-refractivity contribution in [1.82, 2.24) is 0 Å². The summed E-state index contributed by atoms with van der Waals surface area (Å²) in [5.41, 5.74) is -0.933. The van der Waals surface area contributed by atoms with Crippen LogP contribution in [0.2, 0.25) is 0 Å². The summed E-state index contributed by atoms with van der Waals surface area (Å²) in [5.74, 6) is -6.55. The van der Waals surface area contributed by atoms with Crippen LogP contribution in [0.4, 0.5) is 14.5 Å². The molecule has 2 atom stereocenters. The molecule has 8 heteroatoms. The van der Waals surface area contributed by atoms with Crippen molar-refractivity contribution in [3.05, 3.63) is 29.3 Å². The fourth-order valence-corrected chi connectivity index (χ4v) is 1.89. The number of halogens is 2. The molecule has 0 heterocycles. The number of carboxylic acid groups (broad SMARTS) is 1. The SMILES string of the molecule is COC(=O)c1cc(NC(=O)C2CC2C(=O)O)c(F)cc1F. The Labute approximate surface area is 117 Å². The summed E-state index contributed by atoms with van der Waals surface area (Å²) in [6, 6.07) is 1.26. The largest absolute Gasteiger partial charge is 0.481 e. The van der Waals surface area contributed by atoms with Gasteiger partial charge >= 0.3 is 11.9 Å². The zero-order chi connectivity index (χ0) is 15.7. The Balaban J connectivity index is 2.19. The van der Waals surface area contributed by atoms with Crippen LogP contribution in [0.15, 0.2) is 12.1 Å². The van der Waals surface area contributed by atoms with Gasteiger partial charge in [-0.2, -0.15) is 0 Å². The maximum Gasteiger partial charge on any atom is 0.340 e. The van der Waals surface area contributed by atoms with Crippen molar-refractivity contribution in [2.75, 3.05) is 12.4 Å². The third kappa shape index (κ3) is 2.99. The monoisotopic (exact) mass is 299 g/mol. The van der Waals surface area contributed by atoms with Gasteiger partial charge in [0.1, 0.15) is 11.6 Å². The van der Waals surface area contributed by atoms with E-state index < -0.39 is 52.6 Å². The molecule has 1 fully saturated rings. The summed E-state index contributed by atoms with van der Waals surface area (Å²) in [5, 5.41) is 10.9. The summed E-state index contributed by atoms with van der Waals surface area (Å²) < 4.78 is 31.3. The van der Waals surface area contributed by atoms with Gasteiger partial charge < -0.3 is 15.2 Å². The summed E-state index contributed by atoms with van der Waals surface area (Å²) in [4.78, 5) is 33.7. The minimum atomic E-state index is -1.12. The average molecular weight is 299 g/mol. The second kappa shape index (κ2) is 5.47. The molecule has 0 aliphatic heterocycles. The van der Waals surface area contributed by atoms with Crippen molar-refractivity contribution in [3.63, 3.8) is 0 Å². The van der Waals surface area contributed by atoms with Gasteiger partial charge in [0.25, 0.3) is 0 Å². The van der Waals surface area contributed by atoms with Gasteiger partial charge in [-0.1, -0.05) is 0 Å². The molecule has 0 radical (unpaired) electrons. The number of hydrogen-bond acceptors (Lipinski definition) is 4. The molecule has 2 unspecified atom stereocenters. The molecule has 1 aromatic rings. The van der Waals surface area contributed by atoms with Crippen molar-refractivity contribution in [1.29, 1.82) is 0 Å². The van der Waals surface area contributed by atoms with E-state index in [0.29, 0.717) is 6.07 Å². The van der Waals surface area contributed by atoms with Gasteiger partial charge in [-0.15, -0.1) is 0 Å². The number of carbonyl (C=O) groups is 3. The van der Waals surface area contributed by atoms with Crippen molar-refractivity contribution in [3.8, 4) is 0 Å². The number of esters is 1. The Morgan fingerprint density at radius 1 is 1.24 bits per heavy atom. The molecule has 1 amide bonds. The molecule has 1 aromatic carbocycles. The van der Waals surface area contributed by atoms with E-state index in [1.807, 2.05) is 0 Å². The van der Waals surface area contributed by atoms with Crippen LogP contribution in [-0.2, 0) is 14.3 Å². The lowest BCUT2D eigenvalue weighted by molar-refractivity contribution is -0.139. The van der Waals surface area contributed by atoms with E-state index in [-0.39, 0.29) is 6.42 Å². The van der Waals surface area contributed by atoms with E-state index >= 15 is 0 Å². The molecule has 1 aliphatic carbocycles.